The van der Waals surface area contributed by atoms with Gasteiger partial charge in [-0.3, -0.25) is 0 Å². The highest BCUT2D eigenvalue weighted by Crippen LogP contribution is 2.71. The molecule has 0 aromatic carbocycles. The zero-order valence-electron chi connectivity index (χ0n) is 11.8. The minimum absolute atomic E-state index is 0.711. The van der Waals surface area contributed by atoms with Crippen LogP contribution in [-0.4, -0.2) is 0 Å². The number of fused-ring (bicyclic) bond motifs is 3. The largest absolute Gasteiger partial charge is 0.0996 e. The van der Waals surface area contributed by atoms with E-state index < -0.39 is 0 Å². The molecule has 6 atom stereocenters. The van der Waals surface area contributed by atoms with Crippen molar-refractivity contribution < 1.29 is 0 Å². The van der Waals surface area contributed by atoms with Crippen molar-refractivity contribution in [1.29, 1.82) is 0 Å². The molecule has 0 spiro atoms. The van der Waals surface area contributed by atoms with Gasteiger partial charge in [0.05, 0.1) is 0 Å². The topological polar surface area (TPSA) is 0 Å². The lowest BCUT2D eigenvalue weighted by Gasteiger charge is -2.23. The van der Waals surface area contributed by atoms with E-state index in [1.807, 2.05) is 0 Å². The lowest BCUT2D eigenvalue weighted by Crippen LogP contribution is -2.15. The van der Waals surface area contributed by atoms with Gasteiger partial charge in [-0.15, -0.1) is 0 Å². The van der Waals surface area contributed by atoms with E-state index in [1.165, 1.54) is 38.5 Å². The van der Waals surface area contributed by atoms with Gasteiger partial charge in [0.15, 0.2) is 0 Å². The average molecular weight is 232 g/mol. The Labute approximate surface area is 107 Å². The van der Waals surface area contributed by atoms with E-state index in [0.717, 1.165) is 29.6 Å². The van der Waals surface area contributed by atoms with Crippen LogP contribution < -0.4 is 0 Å². The number of hydrogen-bond donors (Lipinski definition) is 0. The molecular weight excluding hydrogens is 204 g/mol. The Morgan fingerprint density at radius 3 is 2.82 bits per heavy atom. The molecule has 0 aliphatic heterocycles. The number of allylic oxidation sites excluding steroid dienone is 1. The molecule has 3 rings (SSSR count). The van der Waals surface area contributed by atoms with Gasteiger partial charge in [0.2, 0.25) is 0 Å². The van der Waals surface area contributed by atoms with Crippen LogP contribution in [0.25, 0.3) is 0 Å². The summed E-state index contributed by atoms with van der Waals surface area (Å²) in [7, 11) is 0. The first-order valence-corrected chi connectivity index (χ1v) is 7.75. The van der Waals surface area contributed by atoms with Crippen LogP contribution in [-0.2, 0) is 0 Å². The third kappa shape index (κ3) is 1.63. The van der Waals surface area contributed by atoms with Crippen molar-refractivity contribution in [1.82, 2.24) is 0 Å². The van der Waals surface area contributed by atoms with Gasteiger partial charge < -0.3 is 0 Å². The second-order valence-corrected chi connectivity index (χ2v) is 7.43. The molecule has 6 unspecified atom stereocenters. The molecule has 0 bridgehead atoms. The zero-order valence-corrected chi connectivity index (χ0v) is 11.8. The highest BCUT2D eigenvalue weighted by Gasteiger charge is 2.65. The normalized spacial score (nSPS) is 52.9. The van der Waals surface area contributed by atoms with Crippen LogP contribution in [0.3, 0.4) is 0 Å². The van der Waals surface area contributed by atoms with Crippen LogP contribution in [0.4, 0.5) is 0 Å². The van der Waals surface area contributed by atoms with Crippen molar-refractivity contribution in [2.45, 2.75) is 59.3 Å². The van der Waals surface area contributed by atoms with E-state index in [9.17, 15) is 0 Å². The quantitative estimate of drug-likeness (QED) is 0.584. The maximum absolute atomic E-state index is 4.40. The maximum Gasteiger partial charge on any atom is -0.0172 e. The summed E-state index contributed by atoms with van der Waals surface area (Å²) in [6, 6.07) is 0. The first kappa shape index (κ1) is 11.8. The lowest BCUT2D eigenvalue weighted by atomic mass is 9.81. The molecule has 0 aromatic rings. The second-order valence-electron chi connectivity index (χ2n) is 7.43. The van der Waals surface area contributed by atoms with E-state index in [1.54, 1.807) is 5.57 Å². The molecule has 17 heavy (non-hydrogen) atoms. The van der Waals surface area contributed by atoms with E-state index >= 15 is 0 Å². The molecule has 3 aliphatic carbocycles. The van der Waals surface area contributed by atoms with Crippen molar-refractivity contribution in [3.8, 4) is 0 Å². The van der Waals surface area contributed by atoms with Crippen molar-refractivity contribution in [3.63, 3.8) is 0 Å². The van der Waals surface area contributed by atoms with Crippen LogP contribution in [0.2, 0.25) is 0 Å². The zero-order chi connectivity index (χ0) is 12.2. The lowest BCUT2D eigenvalue weighted by molar-refractivity contribution is 0.312. The third-order valence-corrected chi connectivity index (χ3v) is 6.33. The molecule has 0 aromatic heterocycles. The fourth-order valence-electron chi connectivity index (χ4n) is 5.61. The van der Waals surface area contributed by atoms with Crippen molar-refractivity contribution >= 4 is 0 Å². The third-order valence-electron chi connectivity index (χ3n) is 6.33. The molecule has 0 nitrogen and oxygen atoms in total. The second kappa shape index (κ2) is 3.87. The minimum atomic E-state index is 0.711. The van der Waals surface area contributed by atoms with Gasteiger partial charge in [0, 0.05) is 0 Å². The summed E-state index contributed by atoms with van der Waals surface area (Å²) >= 11 is 0. The van der Waals surface area contributed by atoms with Gasteiger partial charge in [0.25, 0.3) is 0 Å². The Hall–Kier alpha value is -0.260. The average Bonchev–Trinajstić information content (AvgIpc) is 2.70. The molecule has 96 valence electrons. The van der Waals surface area contributed by atoms with Gasteiger partial charge in [-0.1, -0.05) is 39.3 Å². The van der Waals surface area contributed by atoms with Gasteiger partial charge in [0.1, 0.15) is 0 Å². The Morgan fingerprint density at radius 1 is 1.35 bits per heavy atom. The molecule has 0 heterocycles. The Morgan fingerprint density at radius 2 is 2.12 bits per heavy atom. The highest BCUT2D eigenvalue weighted by molar-refractivity contribution is 5.20. The molecule has 0 radical (unpaired) electrons. The van der Waals surface area contributed by atoms with E-state index in [4.69, 9.17) is 0 Å². The Balaban J connectivity index is 1.84. The van der Waals surface area contributed by atoms with Gasteiger partial charge in [-0.05, 0) is 67.1 Å². The molecule has 3 fully saturated rings. The molecule has 3 aliphatic rings. The Kier molecular flexibility index (Phi) is 2.69. The Bertz CT molecular complexity index is 329. The molecule has 0 heteroatoms. The smallest absolute Gasteiger partial charge is 0.0172 e. The van der Waals surface area contributed by atoms with E-state index in [0.29, 0.717) is 5.41 Å². The van der Waals surface area contributed by atoms with Gasteiger partial charge >= 0.3 is 0 Å². The molecule has 0 N–H and O–H groups in total. The molecule has 0 amide bonds. The summed E-state index contributed by atoms with van der Waals surface area (Å²) in [6.45, 7) is 11.8. The van der Waals surface area contributed by atoms with Crippen LogP contribution >= 0.6 is 0 Å². The van der Waals surface area contributed by atoms with E-state index in [2.05, 4.69) is 27.4 Å². The van der Waals surface area contributed by atoms with Gasteiger partial charge in [-0.2, -0.15) is 0 Å². The fourth-order valence-corrected chi connectivity index (χ4v) is 5.61. The van der Waals surface area contributed by atoms with E-state index in [-0.39, 0.29) is 0 Å². The summed E-state index contributed by atoms with van der Waals surface area (Å²) in [5, 5.41) is 0. The highest BCUT2D eigenvalue weighted by atomic mass is 14.7. The predicted octanol–water partition coefficient (Wildman–Crippen LogP) is 5.05. The van der Waals surface area contributed by atoms with Crippen LogP contribution in [0.15, 0.2) is 12.2 Å². The summed E-state index contributed by atoms with van der Waals surface area (Å²) in [4.78, 5) is 0. The number of hydrogen-bond acceptors (Lipinski definition) is 0. The summed E-state index contributed by atoms with van der Waals surface area (Å²) in [5.41, 5.74) is 2.31. The van der Waals surface area contributed by atoms with Crippen molar-refractivity contribution in [2.75, 3.05) is 0 Å². The monoisotopic (exact) mass is 232 g/mol. The first-order valence-electron chi connectivity index (χ1n) is 7.75. The summed E-state index contributed by atoms with van der Waals surface area (Å²) in [6.07, 6.45) is 8.54. The fraction of sp³-hybridized carbons (Fsp3) is 0.882. The van der Waals surface area contributed by atoms with Crippen LogP contribution in [0.5, 0.6) is 0 Å². The standard InChI is InChI=1S/C17H28/c1-5-8-17(4)15-7-6-12(3)13-9-11(2)10-14(13)16(15)17/h11,13-16H,3,5-10H2,1-2,4H3. The minimum Gasteiger partial charge on any atom is -0.0996 e. The molecular formula is C17H28. The van der Waals surface area contributed by atoms with Gasteiger partial charge in [-0.25, -0.2) is 0 Å². The molecule has 3 saturated carbocycles. The summed E-state index contributed by atoms with van der Waals surface area (Å²) < 4.78 is 0. The maximum atomic E-state index is 4.40. The summed E-state index contributed by atoms with van der Waals surface area (Å²) in [5.74, 6) is 4.93. The first-order chi connectivity index (χ1) is 8.08. The predicted molar refractivity (Wildman–Crippen MR) is 73.7 cm³/mol. The SMILES string of the molecule is C=C1CCC2C(C3CC(C)CC13)C2(C)CCC. The number of rotatable bonds is 2. The molecule has 0 saturated heterocycles. The van der Waals surface area contributed by atoms with Crippen molar-refractivity contribution in [3.05, 3.63) is 12.2 Å². The van der Waals surface area contributed by atoms with Crippen LogP contribution in [0, 0.1) is 35.0 Å². The van der Waals surface area contributed by atoms with Crippen LogP contribution in [0.1, 0.15) is 59.3 Å². The van der Waals surface area contributed by atoms with Crippen molar-refractivity contribution in [2.24, 2.45) is 35.0 Å².